The van der Waals surface area contributed by atoms with Gasteiger partial charge in [-0.3, -0.25) is 9.69 Å². The monoisotopic (exact) mass is 342 g/mol. The largest absolute Gasteiger partial charge is 0.469 e. The molecule has 25 heavy (non-hydrogen) atoms. The Morgan fingerprint density at radius 2 is 2.20 bits per heavy atom. The first-order valence-electron chi connectivity index (χ1n) is 9.47. The molecule has 0 spiro atoms. The van der Waals surface area contributed by atoms with Crippen molar-refractivity contribution < 1.29 is 9.53 Å². The van der Waals surface area contributed by atoms with Crippen LogP contribution in [0.4, 0.5) is 5.69 Å². The molecule has 0 saturated heterocycles. The van der Waals surface area contributed by atoms with E-state index in [2.05, 4.69) is 47.5 Å². The van der Waals surface area contributed by atoms with Crippen LogP contribution in [0.15, 0.2) is 35.9 Å². The number of carbonyl (C=O) groups excluding carboxylic acids is 1. The van der Waals surface area contributed by atoms with Crippen molar-refractivity contribution in [3.8, 4) is 0 Å². The van der Waals surface area contributed by atoms with Gasteiger partial charge in [-0.1, -0.05) is 36.8 Å². The second kappa shape index (κ2) is 8.05. The lowest BCUT2D eigenvalue weighted by atomic mass is 9.85. The van der Waals surface area contributed by atoms with Crippen molar-refractivity contribution in [2.24, 2.45) is 5.92 Å². The summed E-state index contributed by atoms with van der Waals surface area (Å²) in [6.07, 6.45) is 5.76. The van der Waals surface area contributed by atoms with Crippen LogP contribution < -0.4 is 5.32 Å². The van der Waals surface area contributed by atoms with Crippen LogP contribution in [0.2, 0.25) is 0 Å². The molecule has 0 aliphatic carbocycles. The first-order chi connectivity index (χ1) is 12.1. The molecule has 2 heterocycles. The normalized spacial score (nSPS) is 24.2. The Hall–Kier alpha value is -1.81. The van der Waals surface area contributed by atoms with E-state index >= 15 is 0 Å². The molecular weight excluding hydrogens is 312 g/mol. The van der Waals surface area contributed by atoms with E-state index in [9.17, 15) is 4.79 Å². The van der Waals surface area contributed by atoms with Gasteiger partial charge in [0.1, 0.15) is 0 Å². The number of methoxy groups -OCH3 is 1. The minimum atomic E-state index is -0.158. The maximum Gasteiger partial charge on any atom is 0.310 e. The van der Waals surface area contributed by atoms with E-state index in [-0.39, 0.29) is 17.9 Å². The molecule has 1 N–H and O–H groups in total. The zero-order chi connectivity index (χ0) is 17.8. The summed E-state index contributed by atoms with van der Waals surface area (Å²) in [4.78, 5) is 14.7. The molecule has 1 aromatic rings. The fourth-order valence-corrected chi connectivity index (χ4v) is 4.22. The number of rotatable bonds is 6. The zero-order valence-electron chi connectivity index (χ0n) is 15.6. The average Bonchev–Trinajstić information content (AvgIpc) is 3.03. The summed E-state index contributed by atoms with van der Waals surface area (Å²) in [6.45, 7) is 7.52. The number of hydrogen-bond donors (Lipinski definition) is 1. The van der Waals surface area contributed by atoms with Crippen molar-refractivity contribution in [3.63, 3.8) is 0 Å². The number of ether oxygens (including phenoxy) is 1. The maximum absolute atomic E-state index is 12.1. The van der Waals surface area contributed by atoms with E-state index in [1.165, 1.54) is 18.4 Å². The highest BCUT2D eigenvalue weighted by atomic mass is 16.5. The molecule has 0 saturated carbocycles. The molecule has 0 amide bonds. The minimum absolute atomic E-state index is 0.107. The van der Waals surface area contributed by atoms with Gasteiger partial charge in [-0.25, -0.2) is 0 Å². The Balaban J connectivity index is 1.71. The topological polar surface area (TPSA) is 41.6 Å². The number of anilines is 1. The second-order valence-corrected chi connectivity index (χ2v) is 7.25. The van der Waals surface area contributed by atoms with Gasteiger partial charge in [-0.2, -0.15) is 0 Å². The van der Waals surface area contributed by atoms with Gasteiger partial charge in [0.05, 0.1) is 13.0 Å². The van der Waals surface area contributed by atoms with E-state index in [0.29, 0.717) is 5.92 Å². The predicted octanol–water partition coefficient (Wildman–Crippen LogP) is 3.81. The fraction of sp³-hybridized carbons (Fsp3) is 0.571. The van der Waals surface area contributed by atoms with Crippen LogP contribution >= 0.6 is 0 Å². The summed E-state index contributed by atoms with van der Waals surface area (Å²) in [6, 6.07) is 8.57. The van der Waals surface area contributed by atoms with Gasteiger partial charge in [0.2, 0.25) is 0 Å². The molecule has 3 unspecified atom stereocenters. The third-order valence-corrected chi connectivity index (χ3v) is 5.74. The van der Waals surface area contributed by atoms with Crippen molar-refractivity contribution in [2.75, 3.05) is 32.1 Å². The molecule has 3 atom stereocenters. The molecule has 2 aliphatic heterocycles. The van der Waals surface area contributed by atoms with E-state index in [1.54, 1.807) is 5.57 Å². The lowest BCUT2D eigenvalue weighted by Gasteiger charge is -2.30. The van der Waals surface area contributed by atoms with Crippen LogP contribution in [0, 0.1) is 5.92 Å². The molecule has 2 aliphatic rings. The Kier molecular flexibility index (Phi) is 5.79. The standard InChI is InChI=1S/C21H30N2O2/c1-4-16-8-7-12-23(14-16)13-11-18-17-9-5-6-10-19(17)22-20(18)15(2)21(24)25-3/h5-6,8-10,15,18,20,22H,4,7,11-14H2,1-3H3. The van der Waals surface area contributed by atoms with Gasteiger partial charge < -0.3 is 10.1 Å². The van der Waals surface area contributed by atoms with Gasteiger partial charge in [0, 0.05) is 30.7 Å². The summed E-state index contributed by atoms with van der Waals surface area (Å²) in [5.41, 5.74) is 4.06. The molecule has 4 heteroatoms. The molecular formula is C21H30N2O2. The molecule has 4 nitrogen and oxygen atoms in total. The van der Waals surface area contributed by atoms with Crippen LogP contribution in [0.25, 0.3) is 0 Å². The number of hydrogen-bond acceptors (Lipinski definition) is 4. The van der Waals surface area contributed by atoms with Crippen molar-refractivity contribution in [2.45, 2.75) is 45.1 Å². The summed E-state index contributed by atoms with van der Waals surface area (Å²) in [5, 5.41) is 3.58. The lowest BCUT2D eigenvalue weighted by molar-refractivity contribution is -0.145. The Bertz CT molecular complexity index is 641. The number of fused-ring (bicyclic) bond motifs is 1. The Morgan fingerprint density at radius 1 is 1.40 bits per heavy atom. The highest BCUT2D eigenvalue weighted by molar-refractivity contribution is 5.75. The first-order valence-corrected chi connectivity index (χ1v) is 9.47. The molecule has 3 rings (SSSR count). The summed E-state index contributed by atoms with van der Waals surface area (Å²) in [5.74, 6) is 0.0561. The smallest absolute Gasteiger partial charge is 0.310 e. The molecule has 136 valence electrons. The number of nitrogens with one attached hydrogen (secondary N) is 1. The van der Waals surface area contributed by atoms with Crippen LogP contribution in [0.1, 0.15) is 44.6 Å². The van der Waals surface area contributed by atoms with Gasteiger partial charge in [-0.05, 0) is 44.4 Å². The highest BCUT2D eigenvalue weighted by Crippen LogP contribution is 2.41. The minimum Gasteiger partial charge on any atom is -0.469 e. The van der Waals surface area contributed by atoms with Crippen molar-refractivity contribution in [3.05, 3.63) is 41.5 Å². The van der Waals surface area contributed by atoms with Crippen molar-refractivity contribution >= 4 is 11.7 Å². The van der Waals surface area contributed by atoms with Gasteiger partial charge >= 0.3 is 5.97 Å². The van der Waals surface area contributed by atoms with Crippen LogP contribution in [0.5, 0.6) is 0 Å². The van der Waals surface area contributed by atoms with Crippen LogP contribution in [0.3, 0.4) is 0 Å². The molecule has 0 radical (unpaired) electrons. The summed E-state index contributed by atoms with van der Waals surface area (Å²) >= 11 is 0. The number of para-hydroxylation sites is 1. The number of benzene rings is 1. The van der Waals surface area contributed by atoms with Gasteiger partial charge in [0.25, 0.3) is 0 Å². The Morgan fingerprint density at radius 3 is 2.96 bits per heavy atom. The molecule has 0 aromatic heterocycles. The van der Waals surface area contributed by atoms with Crippen molar-refractivity contribution in [1.29, 1.82) is 0 Å². The van der Waals surface area contributed by atoms with Crippen LogP contribution in [-0.2, 0) is 9.53 Å². The predicted molar refractivity (Wildman–Crippen MR) is 102 cm³/mol. The average molecular weight is 342 g/mol. The molecule has 0 fully saturated rings. The molecule has 1 aromatic carbocycles. The zero-order valence-corrected chi connectivity index (χ0v) is 15.6. The van der Waals surface area contributed by atoms with Gasteiger partial charge in [-0.15, -0.1) is 0 Å². The second-order valence-electron chi connectivity index (χ2n) is 7.25. The fourth-order valence-electron chi connectivity index (χ4n) is 4.22. The number of esters is 1. The maximum atomic E-state index is 12.1. The van der Waals surface area contributed by atoms with Crippen LogP contribution in [-0.4, -0.2) is 43.7 Å². The summed E-state index contributed by atoms with van der Waals surface area (Å²) in [7, 11) is 1.47. The number of carbonyl (C=O) groups is 1. The SMILES string of the molecule is CCC1=CCCN(CCC2c3ccccc3NC2C(C)C(=O)OC)C1. The summed E-state index contributed by atoms with van der Waals surface area (Å²) < 4.78 is 5.00. The lowest BCUT2D eigenvalue weighted by Crippen LogP contribution is -2.37. The third-order valence-electron chi connectivity index (χ3n) is 5.74. The Labute approximate surface area is 151 Å². The highest BCUT2D eigenvalue weighted by Gasteiger charge is 2.38. The van der Waals surface area contributed by atoms with E-state index in [1.807, 2.05) is 6.92 Å². The number of nitrogens with zero attached hydrogens (tertiary/aromatic N) is 1. The quantitative estimate of drug-likeness (QED) is 0.630. The molecule has 0 bridgehead atoms. The first kappa shape index (κ1) is 18.0. The van der Waals surface area contributed by atoms with Crippen molar-refractivity contribution in [1.82, 2.24) is 4.90 Å². The van der Waals surface area contributed by atoms with E-state index in [4.69, 9.17) is 4.74 Å². The van der Waals surface area contributed by atoms with Gasteiger partial charge in [0.15, 0.2) is 0 Å². The van der Waals surface area contributed by atoms with E-state index < -0.39 is 0 Å². The van der Waals surface area contributed by atoms with E-state index in [0.717, 1.165) is 38.9 Å². The third kappa shape index (κ3) is 3.90.